The minimum atomic E-state index is -1.98. The van der Waals surface area contributed by atoms with E-state index in [2.05, 4.69) is 33.1 Å². The number of aromatic nitrogens is 1. The quantitative estimate of drug-likeness (QED) is 0.0571. The van der Waals surface area contributed by atoms with Gasteiger partial charge in [0.25, 0.3) is 5.91 Å². The lowest BCUT2D eigenvalue weighted by Crippen LogP contribution is -2.59. The zero-order valence-corrected chi connectivity index (χ0v) is 44.3. The van der Waals surface area contributed by atoms with Crippen LogP contribution in [0.15, 0.2) is 66.2 Å². The van der Waals surface area contributed by atoms with Gasteiger partial charge < -0.3 is 46.9 Å². The number of hydrogen-bond donors (Lipinski definition) is 6. The number of unbranched alkanes of at least 4 members (excludes halogenated alkanes) is 1. The topological polar surface area (TPSA) is 249 Å². The Morgan fingerprint density at radius 2 is 1.72 bits per heavy atom. The van der Waals surface area contributed by atoms with Gasteiger partial charge in [0.1, 0.15) is 23.9 Å². The summed E-state index contributed by atoms with van der Waals surface area (Å²) in [7, 11) is 0. The van der Waals surface area contributed by atoms with Gasteiger partial charge in [0.2, 0.25) is 29.5 Å². The molecule has 1 saturated heterocycles. The van der Waals surface area contributed by atoms with Crippen molar-refractivity contribution in [2.75, 3.05) is 18.1 Å². The van der Waals surface area contributed by atoms with Gasteiger partial charge in [-0.05, 0) is 105 Å². The van der Waals surface area contributed by atoms with E-state index >= 15 is 0 Å². The number of halogens is 1. The van der Waals surface area contributed by atoms with Crippen LogP contribution in [-0.4, -0.2) is 112 Å². The summed E-state index contributed by atoms with van der Waals surface area (Å²) in [4.78, 5) is 88.1. The highest BCUT2D eigenvalue weighted by Crippen LogP contribution is 2.41. The minimum absolute atomic E-state index is 0.0118. The number of alkyl halides is 1. The fraction of sp³-hybridized carbons (Fsp3) is 0.518. The summed E-state index contributed by atoms with van der Waals surface area (Å²) >= 11 is 1.52. The van der Waals surface area contributed by atoms with Crippen molar-refractivity contribution >= 4 is 52.5 Å². The van der Waals surface area contributed by atoms with Gasteiger partial charge in [0.15, 0.2) is 5.67 Å². The van der Waals surface area contributed by atoms with Gasteiger partial charge in [-0.2, -0.15) is 0 Å². The summed E-state index contributed by atoms with van der Waals surface area (Å²) in [5, 5.41) is 19.3. The van der Waals surface area contributed by atoms with Crippen LogP contribution in [0.5, 0.6) is 5.75 Å². The van der Waals surface area contributed by atoms with Crippen LogP contribution in [0.2, 0.25) is 0 Å². The first-order chi connectivity index (χ1) is 35.7. The number of amides is 6. The average Bonchev–Trinajstić information content (AvgIpc) is 3.64. The van der Waals surface area contributed by atoms with Gasteiger partial charge in [0, 0.05) is 37.9 Å². The van der Waals surface area contributed by atoms with Gasteiger partial charge in [-0.1, -0.05) is 75.4 Å². The first-order valence-electron chi connectivity index (χ1n) is 26.1. The third kappa shape index (κ3) is 13.0. The van der Waals surface area contributed by atoms with Crippen molar-refractivity contribution in [3.05, 3.63) is 99.7 Å². The monoisotopic (exact) mass is 1050 g/mol. The van der Waals surface area contributed by atoms with Crippen LogP contribution in [0.1, 0.15) is 113 Å². The van der Waals surface area contributed by atoms with Crippen LogP contribution in [0.3, 0.4) is 0 Å². The number of hydrogen-bond acceptors (Lipinski definition) is 12. The Labute approximate surface area is 441 Å². The molecule has 2 fully saturated rings. The van der Waals surface area contributed by atoms with Crippen LogP contribution in [0.25, 0.3) is 10.4 Å². The summed E-state index contributed by atoms with van der Waals surface area (Å²) in [5.74, 6) is -2.37. The van der Waals surface area contributed by atoms with Crippen molar-refractivity contribution in [2.24, 2.45) is 16.9 Å². The van der Waals surface area contributed by atoms with E-state index in [0.717, 1.165) is 63.3 Å². The molecule has 19 heteroatoms. The second-order valence-corrected chi connectivity index (χ2v) is 22.6. The van der Waals surface area contributed by atoms with E-state index in [4.69, 9.17) is 20.9 Å². The number of nitrogens with two attached hydrogens (primary N) is 2. The molecule has 75 heavy (non-hydrogen) atoms. The minimum Gasteiger partial charge on any atom is -0.493 e. The zero-order chi connectivity index (χ0) is 53.8. The molecule has 6 amide bonds. The van der Waals surface area contributed by atoms with E-state index in [-0.39, 0.29) is 63.6 Å². The Morgan fingerprint density at radius 1 is 0.987 bits per heavy atom. The molecule has 0 unspecified atom stereocenters. The van der Waals surface area contributed by atoms with Crippen LogP contribution >= 0.6 is 11.3 Å². The summed E-state index contributed by atoms with van der Waals surface area (Å²) in [6.45, 7) is 9.71. The van der Waals surface area contributed by atoms with E-state index in [1.54, 1.807) is 31.2 Å². The van der Waals surface area contributed by atoms with Gasteiger partial charge in [-0.25, -0.2) is 9.37 Å². The molecule has 0 radical (unpaired) electrons. The zero-order valence-electron chi connectivity index (χ0n) is 43.5. The molecule has 4 aliphatic rings. The van der Waals surface area contributed by atoms with Crippen LogP contribution in [-0.2, 0) is 65.9 Å². The lowest BCUT2D eigenvalue weighted by molar-refractivity contribution is -0.145. The van der Waals surface area contributed by atoms with Gasteiger partial charge in [-0.15, -0.1) is 11.3 Å². The third-order valence-electron chi connectivity index (χ3n) is 14.9. The number of para-hydroxylation sites is 1. The number of primary amides is 1. The molecule has 0 spiro atoms. The molecule has 4 heterocycles. The lowest BCUT2D eigenvalue weighted by Gasteiger charge is -2.35. The summed E-state index contributed by atoms with van der Waals surface area (Å²) in [6, 6.07) is 15.6. The number of benzene rings is 3. The number of carbonyl (C=O) groups is 6. The number of β-amino-alcohol motifs (C(OH)–C–C–N with tert-alkyl or cyclic N) is 1. The Morgan fingerprint density at radius 3 is 2.41 bits per heavy atom. The largest absolute Gasteiger partial charge is 0.493 e. The summed E-state index contributed by atoms with van der Waals surface area (Å²) in [6.07, 6.45) is 2.93. The standard InChI is InChI=1S/C56H71FN8O9S/c1-32-48(75-31-61-32)38-16-17-39(28-60-50(68)43-27-40(66)29-64(43)53(71)49(55(3,4)5)63-54(72)56(57)22-23-56)45(26-38)73-24-7-6-9-34-12-14-35(15-13-34)30-74-33(2)42(20-21-46(59)67)62-51(69)44-25-37-11-8-10-36-18-19-41(58)52(70)65(44)47(36)37/h8,10-17,26,31,33,40-44,49,66H,6-7,9,18-25,27-30,58H2,1-5H3,(H2,59,67)(H,60,68)(H,62,69)(H,63,72)/t33-,40-,41+,42+,43+,44+,49-/m1/s1. The highest BCUT2D eigenvalue weighted by atomic mass is 32.1. The molecule has 4 aromatic rings. The van der Waals surface area contributed by atoms with Gasteiger partial charge in [-0.3, -0.25) is 33.7 Å². The van der Waals surface area contributed by atoms with Crippen molar-refractivity contribution in [3.8, 4) is 16.2 Å². The van der Waals surface area contributed by atoms with E-state index in [1.165, 1.54) is 16.2 Å². The maximum Gasteiger partial charge on any atom is 0.258 e. The molecule has 1 saturated carbocycles. The Hall–Kier alpha value is -6.28. The van der Waals surface area contributed by atoms with E-state index in [1.807, 2.05) is 62.4 Å². The molecule has 1 aromatic heterocycles. The Kier molecular flexibility index (Phi) is 17.1. The molecule has 402 valence electrons. The molecule has 8 N–H and O–H groups in total. The second kappa shape index (κ2) is 23.3. The number of ether oxygens (including phenoxy) is 2. The smallest absolute Gasteiger partial charge is 0.258 e. The number of rotatable bonds is 22. The van der Waals surface area contributed by atoms with E-state index in [9.17, 15) is 38.3 Å². The van der Waals surface area contributed by atoms with Crippen LogP contribution in [0.4, 0.5) is 10.1 Å². The molecule has 3 aromatic carbocycles. The highest BCUT2D eigenvalue weighted by Gasteiger charge is 2.53. The lowest BCUT2D eigenvalue weighted by atomic mass is 9.85. The number of anilines is 1. The van der Waals surface area contributed by atoms with Gasteiger partial charge in [0.05, 0.1) is 59.3 Å². The van der Waals surface area contributed by atoms with E-state index in [0.29, 0.717) is 37.2 Å². The fourth-order valence-corrected chi connectivity index (χ4v) is 11.0. The van der Waals surface area contributed by atoms with Crippen LogP contribution < -0.4 is 37.1 Å². The number of likely N-dealkylation sites (tertiary alicyclic amines) is 1. The summed E-state index contributed by atoms with van der Waals surface area (Å²) < 4.78 is 27.4. The fourth-order valence-electron chi connectivity index (χ4n) is 10.2. The molecule has 17 nitrogen and oxygen atoms in total. The maximum absolute atomic E-state index is 14.7. The molecular weight excluding hydrogens is 980 g/mol. The Bertz CT molecular complexity index is 2760. The average molecular weight is 1050 g/mol. The van der Waals surface area contributed by atoms with Crippen molar-refractivity contribution in [1.29, 1.82) is 0 Å². The Balaban J connectivity index is 0.836. The summed E-state index contributed by atoms with van der Waals surface area (Å²) in [5.41, 5.74) is 18.1. The normalized spacial score (nSPS) is 20.9. The molecule has 1 aliphatic carbocycles. The maximum atomic E-state index is 14.7. The molecule has 7 atom stereocenters. The first kappa shape index (κ1) is 55.0. The van der Waals surface area contributed by atoms with Crippen molar-refractivity contribution < 1.29 is 47.7 Å². The number of aryl methyl sites for hydroxylation is 3. The van der Waals surface area contributed by atoms with Crippen molar-refractivity contribution in [2.45, 2.75) is 166 Å². The number of aliphatic hydroxyl groups is 1. The van der Waals surface area contributed by atoms with Gasteiger partial charge >= 0.3 is 0 Å². The molecule has 3 aliphatic heterocycles. The molecule has 0 bridgehead atoms. The number of carbonyl (C=O) groups excluding carboxylic acids is 6. The molecular formula is C56H71FN8O9S. The number of thiazole rings is 1. The first-order valence-corrected chi connectivity index (χ1v) is 27.0. The number of nitrogens with zero attached hydrogens (tertiary/aromatic N) is 3. The van der Waals surface area contributed by atoms with Crippen molar-refractivity contribution in [1.82, 2.24) is 25.8 Å². The van der Waals surface area contributed by atoms with Crippen LogP contribution in [0, 0.1) is 12.3 Å². The van der Waals surface area contributed by atoms with E-state index < -0.39 is 77.1 Å². The van der Waals surface area contributed by atoms with Crippen molar-refractivity contribution in [3.63, 3.8) is 0 Å². The second-order valence-electron chi connectivity index (χ2n) is 21.7. The highest BCUT2D eigenvalue weighted by molar-refractivity contribution is 7.13. The number of nitrogens with one attached hydrogen (secondary N) is 3. The molecule has 8 rings (SSSR count). The third-order valence-corrected chi connectivity index (χ3v) is 15.9. The predicted molar refractivity (Wildman–Crippen MR) is 282 cm³/mol. The SMILES string of the molecule is Cc1ncsc1-c1ccc(CNC(=O)[C@@H]2C[C@@H](O)CN2C(=O)[C@@H](NC(=O)C2(F)CC2)C(C)(C)C)c(OCCCCc2ccc(CO[C@H](C)[C@H](CCC(N)=O)NC(=O)[C@@H]3Cc4cccc5c4N3C(=O)[C@@H](N)CC5)cc2)c1. The number of aliphatic hydroxyl groups excluding tert-OH is 1. The predicted octanol–water partition coefficient (Wildman–Crippen LogP) is 5.02.